The molecule has 0 spiro atoms. The highest BCUT2D eigenvalue weighted by Crippen LogP contribution is 2.22. The van der Waals surface area contributed by atoms with Crippen LogP contribution in [0.4, 0.5) is 0 Å². The number of hydrogen-bond donors (Lipinski definition) is 3. The lowest BCUT2D eigenvalue weighted by Crippen LogP contribution is -2.04. The Labute approximate surface area is 84.8 Å². The minimum atomic E-state index is -1.35. The van der Waals surface area contributed by atoms with Gasteiger partial charge in [-0.05, 0) is 0 Å². The quantitative estimate of drug-likeness (QED) is 0.504. The third-order valence-electron chi connectivity index (χ3n) is 1.62. The van der Waals surface area contributed by atoms with Gasteiger partial charge in [0.05, 0.1) is 0 Å². The molecule has 0 saturated heterocycles. The first-order chi connectivity index (χ1) is 7.07. The van der Waals surface area contributed by atoms with Crippen molar-refractivity contribution < 1.29 is 24.5 Å². The standard InChI is InChI=1S/C9H9NO5/c1-2-3-15-9(14)5-4-10-6(7(5)11)8(12)13/h2,4,10-11H,1,3H2,(H,12,13). The van der Waals surface area contributed by atoms with Crippen LogP contribution in [-0.4, -0.2) is 33.7 Å². The molecule has 0 radical (unpaired) electrons. The van der Waals surface area contributed by atoms with Crippen LogP contribution in [0.1, 0.15) is 20.8 Å². The highest BCUT2D eigenvalue weighted by atomic mass is 16.5. The zero-order valence-electron chi connectivity index (χ0n) is 7.69. The fraction of sp³-hybridized carbons (Fsp3) is 0.111. The molecule has 1 aromatic rings. The molecule has 3 N–H and O–H groups in total. The monoisotopic (exact) mass is 211 g/mol. The fourth-order valence-corrected chi connectivity index (χ4v) is 0.947. The molecule has 1 aromatic heterocycles. The predicted octanol–water partition coefficient (Wildman–Crippen LogP) is 0.761. The fourth-order valence-electron chi connectivity index (χ4n) is 0.947. The molecule has 0 saturated carbocycles. The maximum Gasteiger partial charge on any atom is 0.356 e. The van der Waals surface area contributed by atoms with E-state index in [9.17, 15) is 14.7 Å². The Morgan fingerprint density at radius 1 is 1.60 bits per heavy atom. The summed E-state index contributed by atoms with van der Waals surface area (Å²) in [7, 11) is 0. The van der Waals surface area contributed by atoms with Crippen LogP contribution < -0.4 is 0 Å². The van der Waals surface area contributed by atoms with Gasteiger partial charge in [-0.25, -0.2) is 9.59 Å². The van der Waals surface area contributed by atoms with Gasteiger partial charge in [-0.2, -0.15) is 0 Å². The minimum Gasteiger partial charge on any atom is -0.505 e. The minimum absolute atomic E-state index is 0.00808. The van der Waals surface area contributed by atoms with Crippen LogP contribution in [-0.2, 0) is 4.74 Å². The van der Waals surface area contributed by atoms with Crippen LogP contribution in [0.3, 0.4) is 0 Å². The predicted molar refractivity (Wildman–Crippen MR) is 49.9 cm³/mol. The number of aromatic carboxylic acids is 1. The Kier molecular flexibility index (Phi) is 3.12. The number of aromatic amines is 1. The molecule has 0 unspecified atom stereocenters. The molecule has 1 heterocycles. The van der Waals surface area contributed by atoms with Gasteiger partial charge in [-0.1, -0.05) is 12.7 Å². The van der Waals surface area contributed by atoms with Gasteiger partial charge < -0.3 is 19.9 Å². The van der Waals surface area contributed by atoms with E-state index in [4.69, 9.17) is 5.11 Å². The Balaban J connectivity index is 2.91. The lowest BCUT2D eigenvalue weighted by atomic mass is 10.3. The summed E-state index contributed by atoms with van der Waals surface area (Å²) >= 11 is 0. The molecule has 0 amide bonds. The molecule has 15 heavy (non-hydrogen) atoms. The summed E-state index contributed by atoms with van der Waals surface area (Å²) in [6.07, 6.45) is 2.43. The van der Waals surface area contributed by atoms with E-state index in [2.05, 4.69) is 16.3 Å². The van der Waals surface area contributed by atoms with E-state index in [1.807, 2.05) is 0 Å². The molecular weight excluding hydrogens is 202 g/mol. The van der Waals surface area contributed by atoms with Gasteiger partial charge in [-0.15, -0.1) is 0 Å². The maximum atomic E-state index is 11.2. The number of aromatic hydroxyl groups is 1. The Morgan fingerprint density at radius 3 is 2.73 bits per heavy atom. The molecule has 0 aliphatic rings. The first-order valence-corrected chi connectivity index (χ1v) is 3.99. The van der Waals surface area contributed by atoms with E-state index in [0.717, 1.165) is 6.20 Å². The molecule has 0 aliphatic heterocycles. The smallest absolute Gasteiger partial charge is 0.356 e. The number of ether oxygens (including phenoxy) is 1. The van der Waals surface area contributed by atoms with Crippen LogP contribution in [0, 0.1) is 0 Å². The van der Waals surface area contributed by atoms with Gasteiger partial charge in [0.2, 0.25) is 0 Å². The van der Waals surface area contributed by atoms with Gasteiger partial charge in [0.1, 0.15) is 12.2 Å². The van der Waals surface area contributed by atoms with E-state index in [1.54, 1.807) is 0 Å². The second-order valence-electron chi connectivity index (χ2n) is 2.62. The van der Waals surface area contributed by atoms with Crippen LogP contribution in [0.5, 0.6) is 5.75 Å². The van der Waals surface area contributed by atoms with Crippen LogP contribution in [0.15, 0.2) is 18.9 Å². The summed E-state index contributed by atoms with van der Waals surface area (Å²) in [6.45, 7) is 3.33. The first kappa shape index (κ1) is 10.8. The third kappa shape index (κ3) is 2.16. The van der Waals surface area contributed by atoms with Crippen molar-refractivity contribution >= 4 is 11.9 Å². The number of carboxylic acids is 1. The number of aromatic nitrogens is 1. The van der Waals surface area contributed by atoms with Crippen molar-refractivity contribution in [2.75, 3.05) is 6.61 Å². The highest BCUT2D eigenvalue weighted by Gasteiger charge is 2.21. The second-order valence-corrected chi connectivity index (χ2v) is 2.62. The summed E-state index contributed by atoms with van der Waals surface area (Å²) in [5, 5.41) is 17.9. The number of rotatable bonds is 4. The van der Waals surface area contributed by atoms with Gasteiger partial charge in [0.15, 0.2) is 11.4 Å². The Bertz CT molecular complexity index is 407. The normalized spacial score (nSPS) is 9.60. The van der Waals surface area contributed by atoms with Crippen molar-refractivity contribution in [3.8, 4) is 5.75 Å². The molecule has 1 rings (SSSR count). The van der Waals surface area contributed by atoms with Crippen molar-refractivity contribution in [2.45, 2.75) is 0 Å². The number of hydrogen-bond acceptors (Lipinski definition) is 4. The van der Waals surface area contributed by atoms with Crippen molar-refractivity contribution in [3.63, 3.8) is 0 Å². The average molecular weight is 211 g/mol. The number of H-pyrrole nitrogens is 1. The number of carbonyl (C=O) groups excluding carboxylic acids is 1. The summed E-state index contributed by atoms with van der Waals surface area (Å²) in [5.41, 5.74) is -0.658. The maximum absolute atomic E-state index is 11.2. The van der Waals surface area contributed by atoms with Gasteiger partial charge in [0.25, 0.3) is 0 Å². The van der Waals surface area contributed by atoms with Crippen molar-refractivity contribution in [1.82, 2.24) is 4.98 Å². The van der Waals surface area contributed by atoms with E-state index >= 15 is 0 Å². The Morgan fingerprint density at radius 2 is 2.27 bits per heavy atom. The zero-order chi connectivity index (χ0) is 11.4. The second kappa shape index (κ2) is 4.32. The van der Waals surface area contributed by atoms with Crippen LogP contribution >= 0.6 is 0 Å². The molecule has 0 atom stereocenters. The highest BCUT2D eigenvalue weighted by molar-refractivity contribution is 5.98. The summed E-state index contributed by atoms with van der Waals surface area (Å²) in [4.78, 5) is 24.0. The molecular formula is C9H9NO5. The molecule has 0 fully saturated rings. The van der Waals surface area contributed by atoms with E-state index in [-0.39, 0.29) is 12.2 Å². The molecule has 6 nitrogen and oxygen atoms in total. The van der Waals surface area contributed by atoms with E-state index in [0.29, 0.717) is 0 Å². The zero-order valence-corrected chi connectivity index (χ0v) is 7.69. The largest absolute Gasteiger partial charge is 0.505 e. The molecule has 0 aromatic carbocycles. The van der Waals surface area contributed by atoms with Crippen LogP contribution in [0.25, 0.3) is 0 Å². The van der Waals surface area contributed by atoms with Gasteiger partial charge >= 0.3 is 11.9 Å². The lowest BCUT2D eigenvalue weighted by Gasteiger charge is -1.99. The lowest BCUT2D eigenvalue weighted by molar-refractivity contribution is 0.0547. The molecule has 0 bridgehead atoms. The first-order valence-electron chi connectivity index (χ1n) is 3.99. The SMILES string of the molecule is C=CCOC(=O)c1c[nH]c(C(=O)O)c1O. The van der Waals surface area contributed by atoms with Crippen molar-refractivity contribution in [3.05, 3.63) is 30.1 Å². The third-order valence-corrected chi connectivity index (χ3v) is 1.62. The average Bonchev–Trinajstić information content (AvgIpc) is 2.56. The molecule has 0 aliphatic carbocycles. The number of carboxylic acid groups (broad SMARTS) is 1. The van der Waals surface area contributed by atoms with E-state index < -0.39 is 23.4 Å². The Hall–Kier alpha value is -2.24. The summed E-state index contributed by atoms with van der Waals surface area (Å²) in [5.74, 6) is -2.79. The molecule has 80 valence electrons. The molecule has 6 heteroatoms. The van der Waals surface area contributed by atoms with Crippen LogP contribution in [0.2, 0.25) is 0 Å². The summed E-state index contributed by atoms with van der Waals surface area (Å²) in [6, 6.07) is 0. The van der Waals surface area contributed by atoms with Gasteiger partial charge in [-0.3, -0.25) is 0 Å². The summed E-state index contributed by atoms with van der Waals surface area (Å²) < 4.78 is 4.62. The van der Waals surface area contributed by atoms with Gasteiger partial charge in [0, 0.05) is 6.20 Å². The topological polar surface area (TPSA) is 99.6 Å². The number of nitrogens with one attached hydrogen (secondary N) is 1. The van der Waals surface area contributed by atoms with E-state index in [1.165, 1.54) is 6.08 Å². The van der Waals surface area contributed by atoms with Crippen molar-refractivity contribution in [1.29, 1.82) is 0 Å². The number of carbonyl (C=O) groups is 2. The van der Waals surface area contributed by atoms with Crippen molar-refractivity contribution in [2.24, 2.45) is 0 Å². The number of esters is 1.